The Kier molecular flexibility index (Phi) is 4.32. The van der Waals surface area contributed by atoms with E-state index in [0.717, 1.165) is 0 Å². The van der Waals surface area contributed by atoms with Gasteiger partial charge in [-0.1, -0.05) is 60.1 Å². The van der Waals surface area contributed by atoms with Crippen LogP contribution in [0.2, 0.25) is 0 Å². The van der Waals surface area contributed by atoms with Crippen molar-refractivity contribution in [2.45, 2.75) is 11.5 Å². The lowest BCUT2D eigenvalue weighted by atomic mass is 9.97. The Morgan fingerprint density at radius 2 is 1.68 bits per heavy atom. The number of aliphatic hydroxyl groups excluding tert-OH is 1. The van der Waals surface area contributed by atoms with Crippen LogP contribution < -0.4 is 5.32 Å². The van der Waals surface area contributed by atoms with Crippen LogP contribution in [0.15, 0.2) is 48.5 Å². The molecule has 2 aromatic rings. The molecule has 0 radical (unpaired) electrons. The van der Waals surface area contributed by atoms with E-state index in [1.54, 1.807) is 0 Å². The van der Waals surface area contributed by atoms with Gasteiger partial charge < -0.3 is 15.2 Å². The number of rotatable bonds is 4. The monoisotopic (exact) mass is 317 g/mol. The first-order chi connectivity index (χ1) is 10.7. The number of hydrogen-bond donors (Lipinski definition) is 2. The van der Waals surface area contributed by atoms with Crippen LogP contribution >= 0.6 is 11.6 Å². The second kappa shape index (κ2) is 6.38. The van der Waals surface area contributed by atoms with Gasteiger partial charge in [-0.05, 0) is 22.3 Å². The van der Waals surface area contributed by atoms with E-state index in [4.69, 9.17) is 21.4 Å². The maximum absolute atomic E-state index is 11.6. The quantitative estimate of drug-likeness (QED) is 0.852. The van der Waals surface area contributed by atoms with E-state index >= 15 is 0 Å². The van der Waals surface area contributed by atoms with E-state index in [2.05, 4.69) is 29.6 Å². The molecule has 1 atom stereocenters. The molecule has 114 valence electrons. The van der Waals surface area contributed by atoms with Crippen LogP contribution in [0, 0.1) is 0 Å². The third kappa shape index (κ3) is 2.93. The second-order valence-corrected chi connectivity index (χ2v) is 5.64. The first-order valence-corrected chi connectivity index (χ1v) is 7.51. The zero-order chi connectivity index (χ0) is 15.5. The smallest absolute Gasteiger partial charge is 0.407 e. The summed E-state index contributed by atoms with van der Waals surface area (Å²) in [6.07, 6.45) is -0.582. The molecular formula is C17H16ClNO3. The Morgan fingerprint density at radius 1 is 1.14 bits per heavy atom. The maximum atomic E-state index is 11.6. The third-order valence-electron chi connectivity index (χ3n) is 3.77. The van der Waals surface area contributed by atoms with Crippen LogP contribution in [0.4, 0.5) is 4.79 Å². The topological polar surface area (TPSA) is 58.6 Å². The predicted octanol–water partition coefficient (Wildman–Crippen LogP) is 3.08. The van der Waals surface area contributed by atoms with Gasteiger partial charge in [0.2, 0.25) is 0 Å². The minimum Gasteiger partial charge on any atom is -0.445 e. The van der Waals surface area contributed by atoms with Crippen LogP contribution in [0.1, 0.15) is 17.0 Å². The van der Waals surface area contributed by atoms with Gasteiger partial charge in [0.25, 0.3) is 0 Å². The van der Waals surface area contributed by atoms with E-state index in [1.165, 1.54) is 22.3 Å². The first kappa shape index (κ1) is 14.9. The van der Waals surface area contributed by atoms with E-state index in [0.29, 0.717) is 6.54 Å². The van der Waals surface area contributed by atoms with E-state index in [-0.39, 0.29) is 12.5 Å². The SMILES string of the molecule is O=C(NCC1c2ccccc2-c2ccccc21)OCC(O)Cl. The molecule has 3 rings (SSSR count). The average Bonchev–Trinajstić information content (AvgIpc) is 2.85. The molecule has 5 heteroatoms. The van der Waals surface area contributed by atoms with Gasteiger partial charge >= 0.3 is 6.09 Å². The molecule has 0 aromatic heterocycles. The van der Waals surface area contributed by atoms with Crippen LogP contribution in [-0.2, 0) is 4.74 Å². The van der Waals surface area contributed by atoms with Gasteiger partial charge in [0.1, 0.15) is 6.61 Å². The summed E-state index contributed by atoms with van der Waals surface area (Å²) in [4.78, 5) is 11.6. The highest BCUT2D eigenvalue weighted by molar-refractivity contribution is 6.19. The van der Waals surface area contributed by atoms with Crippen molar-refractivity contribution in [1.82, 2.24) is 5.32 Å². The van der Waals surface area contributed by atoms with Crippen LogP contribution in [0.5, 0.6) is 0 Å². The number of nitrogens with one attached hydrogen (secondary N) is 1. The van der Waals surface area contributed by atoms with Gasteiger partial charge in [0, 0.05) is 12.5 Å². The van der Waals surface area contributed by atoms with E-state index in [9.17, 15) is 4.79 Å². The molecule has 1 aliphatic carbocycles. The minimum absolute atomic E-state index is 0.0980. The largest absolute Gasteiger partial charge is 0.445 e. The Hall–Kier alpha value is -2.04. The number of fused-ring (bicyclic) bond motifs is 3. The average molecular weight is 318 g/mol. The molecule has 0 aliphatic heterocycles. The molecule has 2 aromatic carbocycles. The fourth-order valence-electron chi connectivity index (χ4n) is 2.86. The molecule has 1 amide bonds. The van der Waals surface area contributed by atoms with Gasteiger partial charge in [-0.3, -0.25) is 0 Å². The standard InChI is InChI=1S/C17H16ClNO3/c18-16(20)10-22-17(21)19-9-15-13-7-3-1-5-11(13)12-6-2-4-8-14(12)15/h1-8,15-16,20H,9-10H2,(H,19,21). The number of benzene rings is 2. The fourth-order valence-corrected chi connectivity index (χ4v) is 2.92. The molecule has 0 fully saturated rings. The number of carbonyl (C=O) groups excluding carboxylic acids is 1. The summed E-state index contributed by atoms with van der Waals surface area (Å²) in [5.41, 5.74) is 3.62. The molecule has 0 saturated carbocycles. The van der Waals surface area contributed by atoms with Crippen LogP contribution in [0.3, 0.4) is 0 Å². The molecular weight excluding hydrogens is 302 g/mol. The second-order valence-electron chi connectivity index (χ2n) is 5.14. The summed E-state index contributed by atoms with van der Waals surface area (Å²) in [6.45, 7) is 0.205. The lowest BCUT2D eigenvalue weighted by molar-refractivity contribution is 0.104. The molecule has 0 bridgehead atoms. The highest BCUT2D eigenvalue weighted by Crippen LogP contribution is 2.43. The molecule has 2 N–H and O–H groups in total. The summed E-state index contributed by atoms with van der Waals surface area (Å²) in [7, 11) is 0. The highest BCUT2D eigenvalue weighted by Gasteiger charge is 2.28. The number of amides is 1. The molecule has 0 saturated heterocycles. The summed E-state index contributed by atoms with van der Waals surface area (Å²) in [6, 6.07) is 16.4. The van der Waals surface area contributed by atoms with Crippen molar-refractivity contribution in [3.8, 4) is 11.1 Å². The highest BCUT2D eigenvalue weighted by atomic mass is 35.5. The van der Waals surface area contributed by atoms with Crippen molar-refractivity contribution in [1.29, 1.82) is 0 Å². The van der Waals surface area contributed by atoms with Crippen molar-refractivity contribution in [3.05, 3.63) is 59.7 Å². The summed E-state index contributed by atoms with van der Waals surface area (Å²) in [5.74, 6) is 0.0980. The third-order valence-corrected chi connectivity index (χ3v) is 3.89. The van der Waals surface area contributed by atoms with Crippen LogP contribution in [0.25, 0.3) is 11.1 Å². The maximum Gasteiger partial charge on any atom is 0.407 e. The Morgan fingerprint density at radius 3 is 2.23 bits per heavy atom. The first-order valence-electron chi connectivity index (χ1n) is 7.08. The molecule has 1 unspecified atom stereocenters. The van der Waals surface area contributed by atoms with Gasteiger partial charge in [-0.2, -0.15) is 0 Å². The van der Waals surface area contributed by atoms with E-state index in [1.807, 2.05) is 24.3 Å². The Labute approximate surface area is 133 Å². The number of alkyl halides is 1. The van der Waals surface area contributed by atoms with E-state index < -0.39 is 11.7 Å². The normalized spacial score (nSPS) is 14.1. The van der Waals surface area contributed by atoms with Gasteiger partial charge in [-0.15, -0.1) is 0 Å². The van der Waals surface area contributed by atoms with Crippen LogP contribution in [-0.4, -0.2) is 29.9 Å². The number of halogens is 1. The van der Waals surface area contributed by atoms with Gasteiger partial charge in [0.05, 0.1) is 0 Å². The number of ether oxygens (including phenoxy) is 1. The van der Waals surface area contributed by atoms with Crippen molar-refractivity contribution >= 4 is 17.7 Å². The lowest BCUT2D eigenvalue weighted by Gasteiger charge is -2.15. The summed E-state index contributed by atoms with van der Waals surface area (Å²) < 4.78 is 4.81. The summed E-state index contributed by atoms with van der Waals surface area (Å²) >= 11 is 5.33. The van der Waals surface area contributed by atoms with Gasteiger partial charge in [0.15, 0.2) is 5.56 Å². The molecule has 4 nitrogen and oxygen atoms in total. The number of aliphatic hydroxyl groups is 1. The molecule has 22 heavy (non-hydrogen) atoms. The van der Waals surface area contributed by atoms with Crippen molar-refractivity contribution in [2.24, 2.45) is 0 Å². The molecule has 0 heterocycles. The zero-order valence-corrected chi connectivity index (χ0v) is 12.6. The predicted molar refractivity (Wildman–Crippen MR) is 84.9 cm³/mol. The Balaban J connectivity index is 1.75. The lowest BCUT2D eigenvalue weighted by Crippen LogP contribution is -2.30. The van der Waals surface area contributed by atoms with Gasteiger partial charge in [-0.25, -0.2) is 4.79 Å². The van der Waals surface area contributed by atoms with Crippen molar-refractivity contribution in [2.75, 3.05) is 13.2 Å². The summed E-state index contributed by atoms with van der Waals surface area (Å²) in [5, 5.41) is 11.6. The molecule has 0 spiro atoms. The van der Waals surface area contributed by atoms with Crippen molar-refractivity contribution < 1.29 is 14.6 Å². The number of alkyl carbamates (subject to hydrolysis) is 1. The minimum atomic E-state index is -1.18. The van der Waals surface area contributed by atoms with Crippen molar-refractivity contribution in [3.63, 3.8) is 0 Å². The zero-order valence-electron chi connectivity index (χ0n) is 11.8. The number of carbonyl (C=O) groups is 1. The Bertz CT molecular complexity index is 642. The fraction of sp³-hybridized carbons (Fsp3) is 0.235. The molecule has 1 aliphatic rings. The number of hydrogen-bond acceptors (Lipinski definition) is 3.